The first-order valence-corrected chi connectivity index (χ1v) is 7.82. The Balaban J connectivity index is 2.31. The Kier molecular flexibility index (Phi) is 4.74. The number of hydrogen-bond acceptors (Lipinski definition) is 2. The van der Waals surface area contributed by atoms with Crippen molar-refractivity contribution in [1.29, 1.82) is 0 Å². The van der Waals surface area contributed by atoms with Crippen LogP contribution in [-0.2, 0) is 11.2 Å². The minimum absolute atomic E-state index is 0.476. The zero-order chi connectivity index (χ0) is 14.8. The zero-order valence-corrected chi connectivity index (χ0v) is 13.6. The Hall–Kier alpha value is -1.03. The van der Waals surface area contributed by atoms with Crippen molar-refractivity contribution >= 4 is 21.9 Å². The maximum atomic E-state index is 11.8. The van der Waals surface area contributed by atoms with Gasteiger partial charge in [-0.05, 0) is 48.9 Å². The molecule has 1 N–H and O–H groups in total. The molecule has 110 valence electrons. The van der Waals surface area contributed by atoms with E-state index >= 15 is 0 Å². The van der Waals surface area contributed by atoms with Crippen LogP contribution in [0.15, 0.2) is 22.7 Å². The molecule has 20 heavy (non-hydrogen) atoms. The highest BCUT2D eigenvalue weighted by Gasteiger charge is 2.42. The van der Waals surface area contributed by atoms with E-state index in [9.17, 15) is 9.90 Å². The van der Waals surface area contributed by atoms with Gasteiger partial charge in [0.1, 0.15) is 5.75 Å². The summed E-state index contributed by atoms with van der Waals surface area (Å²) in [4.78, 5) is 11.8. The standard InChI is InChI=1S/C16H21BrO3/c1-11-4-3-7-16(9-11,15(18)19)10-12-8-13(20-2)5-6-14(12)17/h5-6,8,11H,3-4,7,9-10H2,1-2H3,(H,18,19). The van der Waals surface area contributed by atoms with Crippen LogP contribution < -0.4 is 4.74 Å². The van der Waals surface area contributed by atoms with Crippen LogP contribution in [0.1, 0.15) is 38.2 Å². The Labute approximate surface area is 128 Å². The molecule has 0 aliphatic heterocycles. The number of aliphatic carboxylic acids is 1. The molecule has 1 aliphatic rings. The second kappa shape index (κ2) is 6.17. The first-order chi connectivity index (χ1) is 9.47. The number of hydrogen-bond donors (Lipinski definition) is 1. The molecule has 3 nitrogen and oxygen atoms in total. The fourth-order valence-electron chi connectivity index (χ4n) is 3.27. The summed E-state index contributed by atoms with van der Waals surface area (Å²) in [6, 6.07) is 5.74. The highest BCUT2D eigenvalue weighted by Crippen LogP contribution is 2.43. The molecule has 0 radical (unpaired) electrons. The minimum Gasteiger partial charge on any atom is -0.497 e. The molecule has 1 saturated carbocycles. The van der Waals surface area contributed by atoms with Crippen molar-refractivity contribution in [2.75, 3.05) is 7.11 Å². The van der Waals surface area contributed by atoms with E-state index in [-0.39, 0.29) is 0 Å². The maximum Gasteiger partial charge on any atom is 0.309 e. The number of halogens is 1. The van der Waals surface area contributed by atoms with E-state index in [0.717, 1.165) is 41.5 Å². The normalized spacial score (nSPS) is 26.2. The van der Waals surface area contributed by atoms with E-state index in [4.69, 9.17) is 4.74 Å². The molecule has 0 bridgehead atoms. The van der Waals surface area contributed by atoms with Crippen molar-refractivity contribution in [1.82, 2.24) is 0 Å². The number of ether oxygens (including phenoxy) is 1. The van der Waals surface area contributed by atoms with Gasteiger partial charge in [0, 0.05) is 4.47 Å². The summed E-state index contributed by atoms with van der Waals surface area (Å²) >= 11 is 3.53. The van der Waals surface area contributed by atoms with Crippen molar-refractivity contribution in [2.45, 2.75) is 39.0 Å². The highest BCUT2D eigenvalue weighted by atomic mass is 79.9. The Morgan fingerprint density at radius 3 is 2.90 bits per heavy atom. The second-order valence-corrected chi connectivity index (χ2v) is 6.78. The molecule has 2 rings (SSSR count). The van der Waals surface area contributed by atoms with Gasteiger partial charge in [-0.2, -0.15) is 0 Å². The number of benzene rings is 1. The molecule has 0 aromatic heterocycles. The fraction of sp³-hybridized carbons (Fsp3) is 0.562. The van der Waals surface area contributed by atoms with Gasteiger partial charge < -0.3 is 9.84 Å². The molecule has 1 fully saturated rings. The van der Waals surface area contributed by atoms with Crippen LogP contribution in [0.2, 0.25) is 0 Å². The van der Waals surface area contributed by atoms with Crippen molar-refractivity contribution in [2.24, 2.45) is 11.3 Å². The van der Waals surface area contributed by atoms with Crippen LogP contribution in [0, 0.1) is 11.3 Å². The summed E-state index contributed by atoms with van der Waals surface area (Å²) in [5.41, 5.74) is 0.382. The van der Waals surface area contributed by atoms with Crippen LogP contribution >= 0.6 is 15.9 Å². The zero-order valence-electron chi connectivity index (χ0n) is 12.0. The molecule has 1 aromatic carbocycles. The van der Waals surface area contributed by atoms with E-state index in [2.05, 4.69) is 22.9 Å². The average Bonchev–Trinajstić information content (AvgIpc) is 2.41. The van der Waals surface area contributed by atoms with Crippen LogP contribution in [-0.4, -0.2) is 18.2 Å². The van der Waals surface area contributed by atoms with E-state index in [1.807, 2.05) is 18.2 Å². The van der Waals surface area contributed by atoms with Crippen LogP contribution in [0.3, 0.4) is 0 Å². The molecule has 4 heteroatoms. The van der Waals surface area contributed by atoms with Crippen molar-refractivity contribution < 1.29 is 14.6 Å². The van der Waals surface area contributed by atoms with Gasteiger partial charge in [-0.1, -0.05) is 35.7 Å². The van der Waals surface area contributed by atoms with Gasteiger partial charge in [0.25, 0.3) is 0 Å². The summed E-state index contributed by atoms with van der Waals surface area (Å²) in [7, 11) is 1.63. The molecule has 0 spiro atoms. The predicted octanol–water partition coefficient (Wildman–Crippen LogP) is 4.28. The molecule has 1 aromatic rings. The van der Waals surface area contributed by atoms with Crippen molar-refractivity contribution in [3.05, 3.63) is 28.2 Å². The lowest BCUT2D eigenvalue weighted by Gasteiger charge is -2.36. The van der Waals surface area contributed by atoms with Gasteiger partial charge in [0.2, 0.25) is 0 Å². The highest BCUT2D eigenvalue weighted by molar-refractivity contribution is 9.10. The van der Waals surface area contributed by atoms with Crippen molar-refractivity contribution in [3.63, 3.8) is 0 Å². The van der Waals surface area contributed by atoms with Gasteiger partial charge >= 0.3 is 5.97 Å². The lowest BCUT2D eigenvalue weighted by Crippen LogP contribution is -2.38. The van der Waals surface area contributed by atoms with Crippen LogP contribution in [0.5, 0.6) is 5.75 Å². The summed E-state index contributed by atoms with van der Waals surface area (Å²) < 4.78 is 6.20. The van der Waals surface area contributed by atoms with Gasteiger partial charge in [-0.15, -0.1) is 0 Å². The monoisotopic (exact) mass is 340 g/mol. The largest absolute Gasteiger partial charge is 0.497 e. The minimum atomic E-state index is -0.668. The fourth-order valence-corrected chi connectivity index (χ4v) is 3.66. The third-order valence-electron chi connectivity index (χ3n) is 4.33. The van der Waals surface area contributed by atoms with E-state index < -0.39 is 11.4 Å². The number of carbonyl (C=O) groups is 1. The number of carboxylic acids is 1. The average molecular weight is 341 g/mol. The van der Waals surface area contributed by atoms with Crippen LogP contribution in [0.25, 0.3) is 0 Å². The van der Waals surface area contributed by atoms with Gasteiger partial charge in [0.05, 0.1) is 12.5 Å². The Bertz CT molecular complexity index is 500. The Morgan fingerprint density at radius 1 is 1.55 bits per heavy atom. The third kappa shape index (κ3) is 3.17. The van der Waals surface area contributed by atoms with Gasteiger partial charge in [-0.25, -0.2) is 0 Å². The van der Waals surface area contributed by atoms with Crippen molar-refractivity contribution in [3.8, 4) is 5.75 Å². The molecule has 2 unspecified atom stereocenters. The molecule has 0 heterocycles. The molecule has 0 saturated heterocycles. The maximum absolute atomic E-state index is 11.8. The molecular weight excluding hydrogens is 320 g/mol. The first kappa shape index (κ1) is 15.4. The molecule has 2 atom stereocenters. The smallest absolute Gasteiger partial charge is 0.309 e. The number of rotatable bonds is 4. The SMILES string of the molecule is COc1ccc(Br)c(CC2(C(=O)O)CCCC(C)C2)c1. The lowest BCUT2D eigenvalue weighted by atomic mass is 9.67. The Morgan fingerprint density at radius 2 is 2.30 bits per heavy atom. The van der Waals surface area contributed by atoms with E-state index in [1.165, 1.54) is 0 Å². The topological polar surface area (TPSA) is 46.5 Å². The number of methoxy groups -OCH3 is 1. The molecule has 0 amide bonds. The molecular formula is C16H21BrO3. The summed E-state index contributed by atoms with van der Waals surface area (Å²) in [5, 5.41) is 9.74. The lowest BCUT2D eigenvalue weighted by molar-refractivity contribution is -0.152. The summed E-state index contributed by atoms with van der Waals surface area (Å²) in [6.45, 7) is 2.15. The van der Waals surface area contributed by atoms with Gasteiger partial charge in [-0.3, -0.25) is 4.79 Å². The van der Waals surface area contributed by atoms with E-state index in [1.54, 1.807) is 7.11 Å². The van der Waals surface area contributed by atoms with Gasteiger partial charge in [0.15, 0.2) is 0 Å². The second-order valence-electron chi connectivity index (χ2n) is 5.92. The predicted molar refractivity (Wildman–Crippen MR) is 82.1 cm³/mol. The third-order valence-corrected chi connectivity index (χ3v) is 5.10. The van der Waals surface area contributed by atoms with E-state index in [0.29, 0.717) is 12.3 Å². The quantitative estimate of drug-likeness (QED) is 0.889. The molecule has 1 aliphatic carbocycles. The number of carboxylic acid groups (broad SMARTS) is 1. The first-order valence-electron chi connectivity index (χ1n) is 7.03. The van der Waals surface area contributed by atoms with Crippen LogP contribution in [0.4, 0.5) is 0 Å². The summed E-state index contributed by atoms with van der Waals surface area (Å²) in [6.07, 6.45) is 4.20. The summed E-state index contributed by atoms with van der Waals surface area (Å²) in [5.74, 6) is 0.579.